The van der Waals surface area contributed by atoms with E-state index in [1.54, 1.807) is 6.07 Å². The fourth-order valence-corrected chi connectivity index (χ4v) is 4.59. The molecule has 0 N–H and O–H groups in total. The first-order chi connectivity index (χ1) is 11.5. The summed E-state index contributed by atoms with van der Waals surface area (Å²) in [6, 6.07) is 7.99. The number of rotatable bonds is 5. The number of sulfonamides is 1. The Hall–Kier alpha value is -2.12. The molecule has 0 spiro atoms. The number of nitrogens with zero attached hydrogens (tertiary/aromatic N) is 2. The highest BCUT2D eigenvalue weighted by molar-refractivity contribution is 7.89. The topological polar surface area (TPSA) is 67.3 Å². The number of hydrogen-bond acceptors (Lipinski definition) is 4. The van der Waals surface area contributed by atoms with Gasteiger partial charge in [0, 0.05) is 37.0 Å². The molecule has 5 nitrogen and oxygen atoms in total. The molecule has 1 unspecified atom stereocenters. The molecular formula is C17H17FN2O3S. The molecule has 2 aromatic rings. The molecule has 7 heteroatoms. The predicted octanol–water partition coefficient (Wildman–Crippen LogP) is 2.65. The van der Waals surface area contributed by atoms with E-state index in [4.69, 9.17) is 0 Å². The van der Waals surface area contributed by atoms with Crippen molar-refractivity contribution >= 4 is 15.8 Å². The smallest absolute Gasteiger partial charge is 0.244 e. The van der Waals surface area contributed by atoms with E-state index < -0.39 is 15.8 Å². The number of ketones is 1. The highest BCUT2D eigenvalue weighted by atomic mass is 32.2. The lowest BCUT2D eigenvalue weighted by atomic mass is 10.0. The van der Waals surface area contributed by atoms with Crippen molar-refractivity contribution in [2.24, 2.45) is 0 Å². The number of halogens is 1. The predicted molar refractivity (Wildman–Crippen MR) is 86.5 cm³/mol. The molecule has 1 saturated heterocycles. The summed E-state index contributed by atoms with van der Waals surface area (Å²) in [7, 11) is -3.66. The van der Waals surface area contributed by atoms with Gasteiger partial charge in [-0.2, -0.15) is 4.31 Å². The average Bonchev–Trinajstić information content (AvgIpc) is 3.05. The van der Waals surface area contributed by atoms with Crippen LogP contribution in [0.1, 0.15) is 29.6 Å². The molecule has 0 amide bonds. The van der Waals surface area contributed by atoms with Crippen molar-refractivity contribution in [3.63, 3.8) is 0 Å². The van der Waals surface area contributed by atoms with Crippen molar-refractivity contribution in [3.8, 4) is 0 Å². The Morgan fingerprint density at radius 2 is 2.00 bits per heavy atom. The minimum absolute atomic E-state index is 0.0884. The van der Waals surface area contributed by atoms with Crippen LogP contribution in [0.5, 0.6) is 0 Å². The summed E-state index contributed by atoms with van der Waals surface area (Å²) in [4.78, 5) is 16.4. The van der Waals surface area contributed by atoms with Gasteiger partial charge < -0.3 is 0 Å². The molecule has 3 rings (SSSR count). The third-order valence-electron chi connectivity index (χ3n) is 4.15. The van der Waals surface area contributed by atoms with Gasteiger partial charge in [0.1, 0.15) is 10.7 Å². The van der Waals surface area contributed by atoms with Crippen molar-refractivity contribution in [2.75, 3.05) is 6.54 Å². The Balaban J connectivity index is 1.78. The molecule has 0 aliphatic carbocycles. The molecule has 0 radical (unpaired) electrons. The summed E-state index contributed by atoms with van der Waals surface area (Å²) in [5.74, 6) is -0.596. The molecule has 0 saturated carbocycles. The minimum atomic E-state index is -3.66. The summed E-state index contributed by atoms with van der Waals surface area (Å²) >= 11 is 0. The van der Waals surface area contributed by atoms with Crippen LogP contribution in [0, 0.1) is 5.82 Å². The van der Waals surface area contributed by atoms with Gasteiger partial charge >= 0.3 is 0 Å². The molecular weight excluding hydrogens is 331 g/mol. The maximum absolute atomic E-state index is 13.0. The number of hydrogen-bond donors (Lipinski definition) is 0. The van der Waals surface area contributed by atoms with E-state index in [2.05, 4.69) is 4.98 Å². The van der Waals surface area contributed by atoms with Crippen LogP contribution in [-0.4, -0.2) is 36.1 Å². The van der Waals surface area contributed by atoms with Crippen molar-refractivity contribution in [3.05, 3.63) is 60.2 Å². The molecule has 1 fully saturated rings. The van der Waals surface area contributed by atoms with Gasteiger partial charge in [0.05, 0.1) is 0 Å². The number of pyridine rings is 1. The SMILES string of the molecule is O=C(CC1CCCN1S(=O)(=O)c1cccnc1)c1ccc(F)cc1. The van der Waals surface area contributed by atoms with Gasteiger partial charge in [-0.15, -0.1) is 0 Å². The Morgan fingerprint density at radius 3 is 2.67 bits per heavy atom. The van der Waals surface area contributed by atoms with E-state index in [9.17, 15) is 17.6 Å². The Kier molecular flexibility index (Phi) is 4.73. The van der Waals surface area contributed by atoms with Gasteiger partial charge in [-0.3, -0.25) is 9.78 Å². The molecule has 1 aromatic heterocycles. The first-order valence-electron chi connectivity index (χ1n) is 7.69. The normalized spacial score (nSPS) is 18.6. The van der Waals surface area contributed by atoms with Crippen LogP contribution in [0.2, 0.25) is 0 Å². The van der Waals surface area contributed by atoms with E-state index >= 15 is 0 Å². The van der Waals surface area contributed by atoms with Crippen molar-refractivity contribution in [1.29, 1.82) is 0 Å². The van der Waals surface area contributed by atoms with Crippen LogP contribution >= 0.6 is 0 Å². The number of Topliss-reactive ketones (excluding diaryl/α,β-unsaturated/α-hetero) is 1. The number of aromatic nitrogens is 1. The van der Waals surface area contributed by atoms with Crippen molar-refractivity contribution in [1.82, 2.24) is 9.29 Å². The molecule has 1 aliphatic heterocycles. The second kappa shape index (κ2) is 6.78. The Bertz CT molecular complexity index is 823. The monoisotopic (exact) mass is 348 g/mol. The van der Waals surface area contributed by atoms with E-state index in [1.807, 2.05) is 0 Å². The lowest BCUT2D eigenvalue weighted by molar-refractivity contribution is 0.0961. The quantitative estimate of drug-likeness (QED) is 0.779. The molecule has 2 heterocycles. The van der Waals surface area contributed by atoms with Crippen LogP contribution in [0.15, 0.2) is 53.7 Å². The van der Waals surface area contributed by atoms with E-state index in [0.29, 0.717) is 24.9 Å². The number of carbonyl (C=O) groups excluding carboxylic acids is 1. The average molecular weight is 348 g/mol. The van der Waals surface area contributed by atoms with Crippen LogP contribution in [0.4, 0.5) is 4.39 Å². The highest BCUT2D eigenvalue weighted by Crippen LogP contribution is 2.28. The van der Waals surface area contributed by atoms with E-state index in [-0.39, 0.29) is 23.1 Å². The summed E-state index contributed by atoms with van der Waals surface area (Å²) in [5.41, 5.74) is 0.391. The molecule has 1 aliphatic rings. The van der Waals surface area contributed by atoms with Gasteiger partial charge in [0.2, 0.25) is 10.0 Å². The standard InChI is InChI=1S/C17H17FN2O3S/c18-14-7-5-13(6-8-14)17(21)11-15-3-2-10-20(15)24(22,23)16-4-1-9-19-12-16/h1,4-9,12,15H,2-3,10-11H2. The van der Waals surface area contributed by atoms with Gasteiger partial charge in [0.25, 0.3) is 0 Å². The zero-order valence-corrected chi connectivity index (χ0v) is 13.7. The van der Waals surface area contributed by atoms with Crippen LogP contribution < -0.4 is 0 Å². The molecule has 1 atom stereocenters. The van der Waals surface area contributed by atoms with Crippen molar-refractivity contribution < 1.29 is 17.6 Å². The first-order valence-corrected chi connectivity index (χ1v) is 9.13. The lowest BCUT2D eigenvalue weighted by Gasteiger charge is -2.23. The van der Waals surface area contributed by atoms with Crippen LogP contribution in [0.3, 0.4) is 0 Å². The third-order valence-corrected chi connectivity index (χ3v) is 6.09. The largest absolute Gasteiger partial charge is 0.294 e. The van der Waals surface area contributed by atoms with Crippen LogP contribution in [-0.2, 0) is 10.0 Å². The van der Waals surface area contributed by atoms with Gasteiger partial charge in [-0.05, 0) is 49.2 Å². The van der Waals surface area contributed by atoms with Gasteiger partial charge in [-0.25, -0.2) is 12.8 Å². The van der Waals surface area contributed by atoms with Gasteiger partial charge in [0.15, 0.2) is 5.78 Å². The van der Waals surface area contributed by atoms with E-state index in [0.717, 1.165) is 0 Å². The second-order valence-electron chi connectivity index (χ2n) is 5.73. The second-order valence-corrected chi connectivity index (χ2v) is 7.63. The number of carbonyl (C=O) groups is 1. The molecule has 1 aromatic carbocycles. The summed E-state index contributed by atoms with van der Waals surface area (Å²) < 4.78 is 39.8. The maximum Gasteiger partial charge on any atom is 0.244 e. The van der Waals surface area contributed by atoms with Crippen LogP contribution in [0.25, 0.3) is 0 Å². The summed E-state index contributed by atoms with van der Waals surface area (Å²) in [6.45, 7) is 0.387. The summed E-state index contributed by atoms with van der Waals surface area (Å²) in [6.07, 6.45) is 4.25. The fraction of sp³-hybridized carbons (Fsp3) is 0.294. The first kappa shape index (κ1) is 16.7. The van der Waals surface area contributed by atoms with Gasteiger partial charge in [-0.1, -0.05) is 0 Å². The molecule has 126 valence electrons. The Morgan fingerprint density at radius 1 is 1.25 bits per heavy atom. The zero-order valence-electron chi connectivity index (χ0n) is 12.9. The maximum atomic E-state index is 13.0. The van der Waals surface area contributed by atoms with Crippen molar-refractivity contribution in [2.45, 2.75) is 30.2 Å². The molecule has 24 heavy (non-hydrogen) atoms. The fourth-order valence-electron chi connectivity index (χ4n) is 2.93. The molecule has 0 bridgehead atoms. The highest BCUT2D eigenvalue weighted by Gasteiger charge is 2.36. The minimum Gasteiger partial charge on any atom is -0.294 e. The Labute approximate surface area is 140 Å². The van der Waals surface area contributed by atoms with E-state index in [1.165, 1.54) is 47.0 Å². The number of benzene rings is 1. The summed E-state index contributed by atoms with van der Waals surface area (Å²) in [5, 5.41) is 0. The zero-order chi connectivity index (χ0) is 17.2. The third kappa shape index (κ3) is 3.37. The lowest BCUT2D eigenvalue weighted by Crippen LogP contribution is -2.36.